The molecule has 1 aromatic heterocycles. The van der Waals surface area contributed by atoms with Gasteiger partial charge in [-0.1, -0.05) is 19.8 Å². The Morgan fingerprint density at radius 1 is 1.69 bits per heavy atom. The van der Waals surface area contributed by atoms with Crippen LogP contribution in [-0.2, 0) is 6.54 Å². The van der Waals surface area contributed by atoms with Gasteiger partial charge in [-0.2, -0.15) is 0 Å². The molecule has 1 heterocycles. The van der Waals surface area contributed by atoms with Crippen molar-refractivity contribution in [1.29, 1.82) is 0 Å². The van der Waals surface area contributed by atoms with Crippen molar-refractivity contribution in [2.75, 3.05) is 6.54 Å². The molecule has 0 spiro atoms. The molecule has 16 heavy (non-hydrogen) atoms. The van der Waals surface area contributed by atoms with Crippen molar-refractivity contribution in [3.8, 4) is 0 Å². The van der Waals surface area contributed by atoms with E-state index in [2.05, 4.69) is 17.2 Å². The van der Waals surface area contributed by atoms with Crippen LogP contribution >= 0.6 is 11.3 Å². The van der Waals surface area contributed by atoms with Crippen LogP contribution in [0.5, 0.6) is 0 Å². The summed E-state index contributed by atoms with van der Waals surface area (Å²) in [6, 6.07) is 0. The standard InChI is InChI=1S/C12H20N2OS/c1-10-3-2-4-12(15,5-10)8-13-6-11-7-16-9-14-11/h7,9-10,13,15H,2-6,8H2,1H3. The Balaban J connectivity index is 1.76. The van der Waals surface area contributed by atoms with E-state index in [1.165, 1.54) is 6.42 Å². The Hall–Kier alpha value is -0.450. The van der Waals surface area contributed by atoms with E-state index in [9.17, 15) is 5.11 Å². The fraction of sp³-hybridized carbons (Fsp3) is 0.750. The first-order valence-corrected chi connectivity index (χ1v) is 6.92. The molecule has 2 N–H and O–H groups in total. The van der Waals surface area contributed by atoms with Gasteiger partial charge in [-0.3, -0.25) is 0 Å². The highest BCUT2D eigenvalue weighted by Gasteiger charge is 2.31. The van der Waals surface area contributed by atoms with Crippen molar-refractivity contribution < 1.29 is 5.11 Å². The van der Waals surface area contributed by atoms with Crippen molar-refractivity contribution >= 4 is 11.3 Å². The van der Waals surface area contributed by atoms with Crippen LogP contribution in [-0.4, -0.2) is 22.2 Å². The number of nitrogens with zero attached hydrogens (tertiary/aromatic N) is 1. The average molecular weight is 240 g/mol. The zero-order valence-corrected chi connectivity index (χ0v) is 10.6. The molecule has 0 aliphatic heterocycles. The second kappa shape index (κ2) is 5.25. The molecule has 1 aromatic rings. The predicted molar refractivity (Wildman–Crippen MR) is 66.4 cm³/mol. The first-order chi connectivity index (χ1) is 7.68. The Morgan fingerprint density at radius 3 is 3.25 bits per heavy atom. The number of thiazole rings is 1. The van der Waals surface area contributed by atoms with E-state index in [0.29, 0.717) is 12.5 Å². The summed E-state index contributed by atoms with van der Waals surface area (Å²) in [7, 11) is 0. The zero-order chi connectivity index (χ0) is 11.4. The Labute approximate surface area is 101 Å². The highest BCUT2D eigenvalue weighted by molar-refractivity contribution is 7.07. The molecule has 2 atom stereocenters. The van der Waals surface area contributed by atoms with Gasteiger partial charge in [0.2, 0.25) is 0 Å². The predicted octanol–water partition coefficient (Wildman–Crippen LogP) is 2.17. The molecule has 1 saturated carbocycles. The summed E-state index contributed by atoms with van der Waals surface area (Å²) in [5.41, 5.74) is 2.42. The summed E-state index contributed by atoms with van der Waals surface area (Å²) in [6.07, 6.45) is 4.27. The second-order valence-electron chi connectivity index (χ2n) is 5.01. The van der Waals surface area contributed by atoms with E-state index in [4.69, 9.17) is 0 Å². The SMILES string of the molecule is CC1CCCC(O)(CNCc2cscn2)C1. The van der Waals surface area contributed by atoms with Gasteiger partial charge in [0.15, 0.2) is 0 Å². The topological polar surface area (TPSA) is 45.1 Å². The number of aromatic nitrogens is 1. The van der Waals surface area contributed by atoms with Crippen LogP contribution in [0.25, 0.3) is 0 Å². The van der Waals surface area contributed by atoms with Gasteiger partial charge in [0.05, 0.1) is 16.8 Å². The normalized spacial score (nSPS) is 30.5. The Kier molecular flexibility index (Phi) is 3.95. The molecule has 1 aliphatic carbocycles. The number of hydrogen-bond donors (Lipinski definition) is 2. The molecule has 4 heteroatoms. The second-order valence-corrected chi connectivity index (χ2v) is 5.73. The monoisotopic (exact) mass is 240 g/mol. The van der Waals surface area contributed by atoms with Crippen LogP contribution in [0.3, 0.4) is 0 Å². The van der Waals surface area contributed by atoms with E-state index in [-0.39, 0.29) is 0 Å². The largest absolute Gasteiger partial charge is 0.389 e. The zero-order valence-electron chi connectivity index (χ0n) is 9.78. The van der Waals surface area contributed by atoms with Crippen molar-refractivity contribution in [3.63, 3.8) is 0 Å². The molecule has 0 bridgehead atoms. The molecule has 1 fully saturated rings. The summed E-state index contributed by atoms with van der Waals surface area (Å²) < 4.78 is 0. The van der Waals surface area contributed by atoms with Gasteiger partial charge in [0.1, 0.15) is 0 Å². The Morgan fingerprint density at radius 2 is 2.56 bits per heavy atom. The van der Waals surface area contributed by atoms with E-state index in [1.54, 1.807) is 11.3 Å². The van der Waals surface area contributed by atoms with Gasteiger partial charge in [-0.15, -0.1) is 11.3 Å². The summed E-state index contributed by atoms with van der Waals surface area (Å²) in [4.78, 5) is 4.21. The molecule has 2 unspecified atom stereocenters. The fourth-order valence-electron chi connectivity index (χ4n) is 2.54. The maximum Gasteiger partial charge on any atom is 0.0795 e. The minimum Gasteiger partial charge on any atom is -0.389 e. The van der Waals surface area contributed by atoms with Gasteiger partial charge in [0, 0.05) is 18.5 Å². The highest BCUT2D eigenvalue weighted by Crippen LogP contribution is 2.31. The molecule has 0 radical (unpaired) electrons. The molecule has 0 aromatic carbocycles. The molecule has 90 valence electrons. The summed E-state index contributed by atoms with van der Waals surface area (Å²) in [5, 5.41) is 15.7. The van der Waals surface area contributed by atoms with Crippen LogP contribution in [0.4, 0.5) is 0 Å². The number of aliphatic hydroxyl groups is 1. The minimum atomic E-state index is -0.492. The first-order valence-electron chi connectivity index (χ1n) is 5.98. The van der Waals surface area contributed by atoms with E-state index in [0.717, 1.165) is 31.5 Å². The average Bonchev–Trinajstić information content (AvgIpc) is 2.69. The van der Waals surface area contributed by atoms with Gasteiger partial charge in [-0.05, 0) is 18.8 Å². The minimum absolute atomic E-state index is 0.492. The quantitative estimate of drug-likeness (QED) is 0.848. The maximum atomic E-state index is 10.4. The lowest BCUT2D eigenvalue weighted by atomic mass is 9.79. The molecular formula is C12H20N2OS. The van der Waals surface area contributed by atoms with Crippen LogP contribution in [0.1, 0.15) is 38.3 Å². The van der Waals surface area contributed by atoms with E-state index < -0.39 is 5.60 Å². The lowest BCUT2D eigenvalue weighted by Crippen LogP contribution is -2.43. The van der Waals surface area contributed by atoms with Gasteiger partial charge in [0.25, 0.3) is 0 Å². The van der Waals surface area contributed by atoms with Gasteiger partial charge < -0.3 is 10.4 Å². The lowest BCUT2D eigenvalue weighted by Gasteiger charge is -2.35. The van der Waals surface area contributed by atoms with Crippen LogP contribution < -0.4 is 5.32 Å². The summed E-state index contributed by atoms with van der Waals surface area (Å²) in [5.74, 6) is 0.653. The summed E-state index contributed by atoms with van der Waals surface area (Å²) >= 11 is 1.61. The number of nitrogens with one attached hydrogen (secondary N) is 1. The van der Waals surface area contributed by atoms with Crippen molar-refractivity contribution in [1.82, 2.24) is 10.3 Å². The molecule has 2 rings (SSSR count). The van der Waals surface area contributed by atoms with Crippen LogP contribution in [0.15, 0.2) is 10.9 Å². The van der Waals surface area contributed by atoms with E-state index >= 15 is 0 Å². The van der Waals surface area contributed by atoms with Crippen LogP contribution in [0.2, 0.25) is 0 Å². The highest BCUT2D eigenvalue weighted by atomic mass is 32.1. The third kappa shape index (κ3) is 3.27. The molecule has 1 aliphatic rings. The fourth-order valence-corrected chi connectivity index (χ4v) is 3.10. The smallest absolute Gasteiger partial charge is 0.0795 e. The Bertz CT molecular complexity index is 315. The molecule has 0 amide bonds. The van der Waals surface area contributed by atoms with Crippen molar-refractivity contribution in [2.45, 2.75) is 44.8 Å². The van der Waals surface area contributed by atoms with Crippen molar-refractivity contribution in [3.05, 3.63) is 16.6 Å². The lowest BCUT2D eigenvalue weighted by molar-refractivity contribution is -0.0119. The summed E-state index contributed by atoms with van der Waals surface area (Å²) in [6.45, 7) is 3.68. The van der Waals surface area contributed by atoms with Crippen molar-refractivity contribution in [2.24, 2.45) is 5.92 Å². The number of rotatable bonds is 4. The molecular weight excluding hydrogens is 220 g/mol. The van der Waals surface area contributed by atoms with Crippen LogP contribution in [0, 0.1) is 5.92 Å². The van der Waals surface area contributed by atoms with E-state index in [1.807, 2.05) is 10.9 Å². The third-order valence-electron chi connectivity index (χ3n) is 3.31. The third-order valence-corrected chi connectivity index (χ3v) is 3.95. The molecule has 0 saturated heterocycles. The van der Waals surface area contributed by atoms with Gasteiger partial charge >= 0.3 is 0 Å². The first kappa shape index (κ1) is 12.0. The molecule has 3 nitrogen and oxygen atoms in total. The maximum absolute atomic E-state index is 10.4. The number of hydrogen-bond acceptors (Lipinski definition) is 4. The van der Waals surface area contributed by atoms with Gasteiger partial charge in [-0.25, -0.2) is 4.98 Å².